The lowest BCUT2D eigenvalue weighted by molar-refractivity contribution is -0.0441. The first-order valence-electron chi connectivity index (χ1n) is 11.1. The number of ether oxygens (including phenoxy) is 1. The Kier molecular flexibility index (Phi) is 5.85. The van der Waals surface area contributed by atoms with E-state index < -0.39 is 10.0 Å². The van der Waals surface area contributed by atoms with Crippen molar-refractivity contribution in [3.63, 3.8) is 0 Å². The number of carbonyl (C=O) groups is 1. The average molecular weight is 513 g/mol. The molecule has 3 unspecified atom stereocenters. The number of halogens is 1. The summed E-state index contributed by atoms with van der Waals surface area (Å²) in [7, 11) is -3.76. The Balaban J connectivity index is 1.60. The number of nitrogens with zero attached hydrogens (tertiary/aromatic N) is 1. The van der Waals surface area contributed by atoms with Gasteiger partial charge < -0.3 is 10.1 Å². The molecule has 0 aromatic heterocycles. The van der Waals surface area contributed by atoms with Gasteiger partial charge in [0.25, 0.3) is 5.91 Å². The Morgan fingerprint density at radius 2 is 1.84 bits per heavy atom. The quantitative estimate of drug-likeness (QED) is 0.655. The second-order valence-electron chi connectivity index (χ2n) is 10.5. The predicted molar refractivity (Wildman–Crippen MR) is 123 cm³/mol. The van der Waals surface area contributed by atoms with Gasteiger partial charge in [-0.1, -0.05) is 20.8 Å². The van der Waals surface area contributed by atoms with Crippen molar-refractivity contribution in [3.8, 4) is 0 Å². The molecule has 3 aliphatic rings. The van der Waals surface area contributed by atoms with Gasteiger partial charge in [-0.15, -0.1) is 0 Å². The molecule has 31 heavy (non-hydrogen) atoms. The molecule has 0 spiro atoms. The number of benzene rings is 1. The van der Waals surface area contributed by atoms with Crippen LogP contribution in [-0.2, 0) is 14.8 Å². The van der Waals surface area contributed by atoms with Gasteiger partial charge in [-0.2, -0.15) is 4.31 Å². The van der Waals surface area contributed by atoms with Gasteiger partial charge in [-0.3, -0.25) is 4.79 Å². The van der Waals surface area contributed by atoms with Gasteiger partial charge in [0.1, 0.15) is 0 Å². The van der Waals surface area contributed by atoms with Gasteiger partial charge >= 0.3 is 0 Å². The first-order chi connectivity index (χ1) is 14.3. The van der Waals surface area contributed by atoms with Crippen LogP contribution < -0.4 is 5.32 Å². The molecule has 0 radical (unpaired) electrons. The molecule has 1 heterocycles. The van der Waals surface area contributed by atoms with Crippen molar-refractivity contribution < 1.29 is 17.9 Å². The van der Waals surface area contributed by atoms with Crippen molar-refractivity contribution in [2.75, 3.05) is 13.1 Å². The fourth-order valence-corrected chi connectivity index (χ4v) is 8.73. The maximum absolute atomic E-state index is 13.4. The van der Waals surface area contributed by atoms with Gasteiger partial charge in [-0.05, 0) is 84.0 Å². The molecule has 2 aliphatic carbocycles. The third kappa shape index (κ3) is 3.98. The van der Waals surface area contributed by atoms with Crippen LogP contribution in [0.15, 0.2) is 27.6 Å². The Hall–Kier alpha value is -0.960. The van der Waals surface area contributed by atoms with Crippen LogP contribution in [0.4, 0.5) is 0 Å². The molecule has 2 bridgehead atoms. The van der Waals surface area contributed by atoms with E-state index in [1.54, 1.807) is 12.1 Å². The number of nitrogens with one attached hydrogen (secondary N) is 1. The number of fused-ring (bicyclic) bond motifs is 2. The molecule has 3 fully saturated rings. The molecule has 1 aliphatic heterocycles. The Bertz CT molecular complexity index is 981. The Morgan fingerprint density at radius 3 is 2.42 bits per heavy atom. The van der Waals surface area contributed by atoms with E-state index in [0.717, 1.165) is 12.8 Å². The third-order valence-electron chi connectivity index (χ3n) is 7.74. The molecule has 1 aromatic rings. The summed E-state index contributed by atoms with van der Waals surface area (Å²) in [5.74, 6) is 0.411. The Labute approximate surface area is 194 Å². The van der Waals surface area contributed by atoms with E-state index in [-0.39, 0.29) is 39.9 Å². The highest BCUT2D eigenvalue weighted by Gasteiger charge is 2.59. The summed E-state index contributed by atoms with van der Waals surface area (Å²) in [6, 6.07) is 4.92. The summed E-state index contributed by atoms with van der Waals surface area (Å²) in [5, 5.41) is 3.27. The van der Waals surface area contributed by atoms with E-state index >= 15 is 0 Å². The van der Waals surface area contributed by atoms with Crippen molar-refractivity contribution in [1.29, 1.82) is 0 Å². The molecule has 5 atom stereocenters. The summed E-state index contributed by atoms with van der Waals surface area (Å²) >= 11 is 3.38. The third-order valence-corrected chi connectivity index (χ3v) is 10.6. The van der Waals surface area contributed by atoms with Crippen LogP contribution in [-0.4, -0.2) is 50.0 Å². The van der Waals surface area contributed by atoms with Crippen LogP contribution in [0.2, 0.25) is 0 Å². The first kappa shape index (κ1) is 23.2. The summed E-state index contributed by atoms with van der Waals surface area (Å²) in [6.45, 7) is 11.1. The van der Waals surface area contributed by atoms with Gasteiger partial charge in [0.05, 0.1) is 17.1 Å². The van der Waals surface area contributed by atoms with E-state index in [4.69, 9.17) is 4.74 Å². The standard InChI is InChI=1S/C23H33BrN2O4S/c1-14-12-26(13-15(2)30-14)31(28,29)19-10-16(6-7-18(19)24)20(27)25-21-22(3,4)17-8-9-23(21,5)11-17/h6-7,10,14-15,17,21H,8-9,11-13H2,1-5H3,(H,25,27)/t14?,15?,17-,21?,23+/m1/s1. The normalized spacial score (nSPS) is 35.3. The molecule has 1 saturated heterocycles. The minimum atomic E-state index is -3.76. The lowest BCUT2D eigenvalue weighted by Gasteiger charge is -2.43. The zero-order valence-corrected chi connectivity index (χ0v) is 21.3. The summed E-state index contributed by atoms with van der Waals surface area (Å²) in [5.41, 5.74) is 0.513. The molecule has 1 aromatic carbocycles. The molecule has 4 rings (SSSR count). The van der Waals surface area contributed by atoms with Crippen molar-refractivity contribution in [2.45, 2.75) is 77.0 Å². The number of rotatable bonds is 4. The van der Waals surface area contributed by atoms with Gasteiger partial charge in [0.2, 0.25) is 10.0 Å². The minimum Gasteiger partial charge on any atom is -0.373 e. The SMILES string of the molecule is CC1CN(S(=O)(=O)c2cc(C(=O)NC3C(C)(C)[C@@H]4CC[C@@]3(C)C4)ccc2Br)CC(C)O1. The van der Waals surface area contributed by atoms with E-state index in [2.05, 4.69) is 42.0 Å². The van der Waals surface area contributed by atoms with Crippen molar-refractivity contribution in [3.05, 3.63) is 28.2 Å². The number of sulfonamides is 1. The molecule has 1 N–H and O–H groups in total. The van der Waals surface area contributed by atoms with Crippen molar-refractivity contribution in [1.82, 2.24) is 9.62 Å². The summed E-state index contributed by atoms with van der Waals surface area (Å²) in [4.78, 5) is 13.3. The number of amides is 1. The average Bonchev–Trinajstić information content (AvgIpc) is 3.15. The number of morpholine rings is 1. The van der Waals surface area contributed by atoms with Crippen molar-refractivity contribution >= 4 is 31.9 Å². The molecule has 6 nitrogen and oxygen atoms in total. The van der Waals surface area contributed by atoms with Gasteiger partial charge in [0.15, 0.2) is 0 Å². The minimum absolute atomic E-state index is 0.0347. The highest BCUT2D eigenvalue weighted by molar-refractivity contribution is 9.10. The molecule has 1 amide bonds. The topological polar surface area (TPSA) is 75.7 Å². The maximum Gasteiger partial charge on any atom is 0.251 e. The van der Waals surface area contributed by atoms with Crippen LogP contribution in [0, 0.1) is 16.7 Å². The first-order valence-corrected chi connectivity index (χ1v) is 13.3. The van der Waals surface area contributed by atoms with E-state index in [9.17, 15) is 13.2 Å². The number of hydrogen-bond donors (Lipinski definition) is 1. The number of hydrogen-bond acceptors (Lipinski definition) is 4. The highest BCUT2D eigenvalue weighted by atomic mass is 79.9. The largest absolute Gasteiger partial charge is 0.373 e. The maximum atomic E-state index is 13.4. The fourth-order valence-electron chi connectivity index (χ4n) is 6.19. The summed E-state index contributed by atoms with van der Waals surface area (Å²) < 4.78 is 34.4. The highest BCUT2D eigenvalue weighted by Crippen LogP contribution is 2.62. The molecular formula is C23H33BrN2O4S. The van der Waals surface area contributed by atoms with Crippen LogP contribution in [0.5, 0.6) is 0 Å². The molecular weight excluding hydrogens is 480 g/mol. The smallest absolute Gasteiger partial charge is 0.251 e. The van der Waals surface area contributed by atoms with Crippen LogP contribution in [0.3, 0.4) is 0 Å². The van der Waals surface area contributed by atoms with Crippen LogP contribution in [0.25, 0.3) is 0 Å². The van der Waals surface area contributed by atoms with Crippen LogP contribution >= 0.6 is 15.9 Å². The van der Waals surface area contributed by atoms with Gasteiger partial charge in [0, 0.05) is 29.2 Å². The predicted octanol–water partition coefficient (Wildman–Crippen LogP) is 4.19. The fraction of sp³-hybridized carbons (Fsp3) is 0.696. The molecule has 2 saturated carbocycles. The van der Waals surface area contributed by atoms with Crippen LogP contribution in [0.1, 0.15) is 64.2 Å². The van der Waals surface area contributed by atoms with E-state index in [0.29, 0.717) is 29.0 Å². The molecule has 172 valence electrons. The zero-order valence-electron chi connectivity index (χ0n) is 18.9. The summed E-state index contributed by atoms with van der Waals surface area (Å²) in [6.07, 6.45) is 3.12. The second-order valence-corrected chi connectivity index (χ2v) is 13.3. The van der Waals surface area contributed by atoms with Gasteiger partial charge in [-0.25, -0.2) is 8.42 Å². The van der Waals surface area contributed by atoms with E-state index in [1.165, 1.54) is 16.8 Å². The number of carbonyl (C=O) groups excluding carboxylic acids is 1. The lowest BCUT2D eigenvalue weighted by atomic mass is 9.68. The molecule has 8 heteroatoms. The van der Waals surface area contributed by atoms with Crippen molar-refractivity contribution in [2.24, 2.45) is 16.7 Å². The zero-order chi connectivity index (χ0) is 22.8. The monoisotopic (exact) mass is 512 g/mol. The second kappa shape index (κ2) is 7.82. The Morgan fingerprint density at radius 1 is 1.19 bits per heavy atom. The van der Waals surface area contributed by atoms with E-state index in [1.807, 2.05) is 13.8 Å². The lowest BCUT2D eigenvalue weighted by Crippen LogP contribution is -2.52.